The summed E-state index contributed by atoms with van der Waals surface area (Å²) in [6.07, 6.45) is -5.14. The summed E-state index contributed by atoms with van der Waals surface area (Å²) in [7, 11) is 1.61. The molecule has 0 saturated carbocycles. The van der Waals surface area contributed by atoms with Crippen molar-refractivity contribution in [2.75, 3.05) is 26.9 Å². The van der Waals surface area contributed by atoms with E-state index in [-0.39, 0.29) is 6.61 Å². The van der Waals surface area contributed by atoms with Crippen molar-refractivity contribution >= 4 is 0 Å². The van der Waals surface area contributed by atoms with Gasteiger partial charge in [-0.3, -0.25) is 0 Å². The number of aryl methyl sites for hydroxylation is 1. The zero-order chi connectivity index (χ0) is 15.0. The third-order valence-electron chi connectivity index (χ3n) is 2.66. The lowest BCUT2D eigenvalue weighted by atomic mass is 10.1. The molecule has 20 heavy (non-hydrogen) atoms. The molecule has 0 radical (unpaired) electrons. The van der Waals surface area contributed by atoms with E-state index in [1.165, 1.54) is 0 Å². The van der Waals surface area contributed by atoms with Gasteiger partial charge in [0.15, 0.2) is 0 Å². The van der Waals surface area contributed by atoms with Crippen molar-refractivity contribution in [2.45, 2.75) is 26.1 Å². The largest absolute Gasteiger partial charge is 0.493 e. The molecule has 0 amide bonds. The van der Waals surface area contributed by atoms with Crippen LogP contribution in [0.15, 0.2) is 18.2 Å². The normalized spacial score (nSPS) is 11.7. The smallest absolute Gasteiger partial charge is 0.392 e. The maximum atomic E-state index is 12.1. The third kappa shape index (κ3) is 6.77. The van der Waals surface area contributed by atoms with Crippen LogP contribution < -0.4 is 10.1 Å². The molecule has 1 N–H and O–H groups in total. The first-order chi connectivity index (χ1) is 9.42. The zero-order valence-electron chi connectivity index (χ0n) is 11.7. The molecule has 0 bridgehead atoms. The highest BCUT2D eigenvalue weighted by atomic mass is 19.4. The van der Waals surface area contributed by atoms with E-state index in [2.05, 4.69) is 5.32 Å². The first-order valence-corrected chi connectivity index (χ1v) is 6.41. The van der Waals surface area contributed by atoms with Gasteiger partial charge in [-0.1, -0.05) is 17.7 Å². The molecule has 0 atom stereocenters. The van der Waals surface area contributed by atoms with Gasteiger partial charge in [0.25, 0.3) is 0 Å². The Morgan fingerprint density at radius 1 is 1.20 bits per heavy atom. The van der Waals surface area contributed by atoms with Gasteiger partial charge >= 0.3 is 6.18 Å². The van der Waals surface area contributed by atoms with Crippen molar-refractivity contribution in [3.63, 3.8) is 0 Å². The van der Waals surface area contributed by atoms with Gasteiger partial charge in [-0.05, 0) is 13.0 Å². The molecule has 0 fully saturated rings. The number of methoxy groups -OCH3 is 1. The van der Waals surface area contributed by atoms with Gasteiger partial charge in [0.05, 0.1) is 19.6 Å². The Hall–Kier alpha value is -1.27. The summed E-state index contributed by atoms with van der Waals surface area (Å²) in [5, 5.41) is 3.15. The second-order valence-electron chi connectivity index (χ2n) is 4.49. The van der Waals surface area contributed by atoms with E-state index in [9.17, 15) is 13.2 Å². The Morgan fingerprint density at radius 3 is 2.60 bits per heavy atom. The maximum Gasteiger partial charge on any atom is 0.392 e. The fourth-order valence-corrected chi connectivity index (χ4v) is 1.66. The van der Waals surface area contributed by atoms with E-state index in [1.807, 2.05) is 19.1 Å². The van der Waals surface area contributed by atoms with E-state index in [0.717, 1.165) is 11.1 Å². The van der Waals surface area contributed by atoms with E-state index in [0.29, 0.717) is 25.4 Å². The van der Waals surface area contributed by atoms with Crippen LogP contribution in [-0.4, -0.2) is 33.0 Å². The minimum Gasteiger partial charge on any atom is -0.493 e. The van der Waals surface area contributed by atoms with Gasteiger partial charge in [0, 0.05) is 25.8 Å². The highest BCUT2D eigenvalue weighted by molar-refractivity contribution is 5.36. The number of benzene rings is 1. The fourth-order valence-electron chi connectivity index (χ4n) is 1.66. The van der Waals surface area contributed by atoms with Crippen LogP contribution in [0, 0.1) is 6.92 Å². The summed E-state index contributed by atoms with van der Waals surface area (Å²) in [5.74, 6) is 0.491. The number of hydrogen-bond donors (Lipinski definition) is 1. The van der Waals surface area contributed by atoms with Crippen molar-refractivity contribution in [1.29, 1.82) is 0 Å². The van der Waals surface area contributed by atoms with Crippen LogP contribution in [0.5, 0.6) is 5.75 Å². The molecule has 0 aliphatic carbocycles. The second kappa shape index (κ2) is 8.11. The molecule has 1 aromatic rings. The van der Waals surface area contributed by atoms with Crippen molar-refractivity contribution in [1.82, 2.24) is 5.32 Å². The van der Waals surface area contributed by atoms with Crippen LogP contribution in [0.2, 0.25) is 0 Å². The highest BCUT2D eigenvalue weighted by Crippen LogP contribution is 2.23. The topological polar surface area (TPSA) is 30.5 Å². The summed E-state index contributed by atoms with van der Waals surface area (Å²) < 4.78 is 46.5. The van der Waals surface area contributed by atoms with Crippen LogP contribution in [-0.2, 0) is 11.3 Å². The van der Waals surface area contributed by atoms with Crippen molar-refractivity contribution < 1.29 is 22.6 Å². The summed E-state index contributed by atoms with van der Waals surface area (Å²) in [4.78, 5) is 0. The Labute approximate surface area is 117 Å². The first-order valence-electron chi connectivity index (χ1n) is 6.41. The number of ether oxygens (including phenoxy) is 2. The first kappa shape index (κ1) is 16.8. The van der Waals surface area contributed by atoms with E-state index in [1.54, 1.807) is 13.2 Å². The summed E-state index contributed by atoms with van der Waals surface area (Å²) >= 11 is 0. The SMILES string of the molecule is COCCNCc1cc(C)ccc1OCCC(F)(F)F. The quantitative estimate of drug-likeness (QED) is 0.747. The van der Waals surface area contributed by atoms with E-state index >= 15 is 0 Å². The summed E-state index contributed by atoms with van der Waals surface area (Å²) in [5.41, 5.74) is 1.89. The molecule has 0 aliphatic rings. The monoisotopic (exact) mass is 291 g/mol. The molecular formula is C14H20F3NO2. The van der Waals surface area contributed by atoms with Crippen LogP contribution in [0.25, 0.3) is 0 Å². The van der Waals surface area contributed by atoms with Gasteiger partial charge in [-0.2, -0.15) is 13.2 Å². The molecule has 1 aromatic carbocycles. The Bertz CT molecular complexity index is 408. The van der Waals surface area contributed by atoms with Crippen LogP contribution in [0.1, 0.15) is 17.5 Å². The molecule has 0 aromatic heterocycles. The van der Waals surface area contributed by atoms with Gasteiger partial charge < -0.3 is 14.8 Å². The lowest BCUT2D eigenvalue weighted by molar-refractivity contribution is -0.139. The van der Waals surface area contributed by atoms with Gasteiger partial charge in [-0.15, -0.1) is 0 Å². The van der Waals surface area contributed by atoms with Crippen molar-refractivity contribution in [3.8, 4) is 5.75 Å². The summed E-state index contributed by atoms with van der Waals surface area (Å²) in [6.45, 7) is 3.35. The van der Waals surface area contributed by atoms with Crippen LogP contribution >= 0.6 is 0 Å². The van der Waals surface area contributed by atoms with Crippen LogP contribution in [0.4, 0.5) is 13.2 Å². The Kier molecular flexibility index (Phi) is 6.81. The van der Waals surface area contributed by atoms with E-state index < -0.39 is 12.6 Å². The lowest BCUT2D eigenvalue weighted by Gasteiger charge is -2.14. The number of nitrogens with one attached hydrogen (secondary N) is 1. The van der Waals surface area contributed by atoms with Gasteiger partial charge in [0.1, 0.15) is 5.75 Å². The van der Waals surface area contributed by atoms with Gasteiger partial charge in [-0.25, -0.2) is 0 Å². The fraction of sp³-hybridized carbons (Fsp3) is 0.571. The molecule has 6 heteroatoms. The average molecular weight is 291 g/mol. The predicted octanol–water partition coefficient (Wildman–Crippen LogP) is 3.06. The molecule has 0 unspecified atom stereocenters. The second-order valence-corrected chi connectivity index (χ2v) is 4.49. The Morgan fingerprint density at radius 2 is 1.95 bits per heavy atom. The minimum atomic E-state index is -4.19. The highest BCUT2D eigenvalue weighted by Gasteiger charge is 2.26. The van der Waals surface area contributed by atoms with E-state index in [4.69, 9.17) is 9.47 Å². The molecule has 0 saturated heterocycles. The minimum absolute atomic E-state index is 0.363. The molecule has 114 valence electrons. The maximum absolute atomic E-state index is 12.1. The number of halogens is 3. The molecule has 0 spiro atoms. The standard InChI is InChI=1S/C14H20F3NO2/c1-11-3-4-13(20-7-5-14(15,16)17)12(9-11)10-18-6-8-19-2/h3-4,9,18H,5-8,10H2,1-2H3. The summed E-state index contributed by atoms with van der Waals surface area (Å²) in [6, 6.07) is 5.43. The number of rotatable bonds is 8. The van der Waals surface area contributed by atoms with Crippen molar-refractivity contribution in [2.24, 2.45) is 0 Å². The third-order valence-corrected chi connectivity index (χ3v) is 2.66. The zero-order valence-corrected chi connectivity index (χ0v) is 11.7. The number of alkyl halides is 3. The van der Waals surface area contributed by atoms with Gasteiger partial charge in [0.2, 0.25) is 0 Å². The van der Waals surface area contributed by atoms with Crippen LogP contribution in [0.3, 0.4) is 0 Å². The molecule has 1 rings (SSSR count). The number of hydrogen-bond acceptors (Lipinski definition) is 3. The predicted molar refractivity (Wildman–Crippen MR) is 70.9 cm³/mol. The molecule has 3 nitrogen and oxygen atoms in total. The molecule has 0 aliphatic heterocycles. The van der Waals surface area contributed by atoms with Crippen molar-refractivity contribution in [3.05, 3.63) is 29.3 Å². The molecular weight excluding hydrogens is 271 g/mol. The Balaban J connectivity index is 2.55. The average Bonchev–Trinajstić information content (AvgIpc) is 2.35. The molecule has 0 heterocycles. The lowest BCUT2D eigenvalue weighted by Crippen LogP contribution is -2.19.